The molecule has 0 amide bonds. The molecule has 3 aromatic rings. The van der Waals surface area contributed by atoms with Crippen LogP contribution < -0.4 is 0 Å². The van der Waals surface area contributed by atoms with Crippen molar-refractivity contribution in [2.45, 2.75) is 0 Å². The van der Waals surface area contributed by atoms with Crippen LogP contribution in [0, 0.1) is 0 Å². The first kappa shape index (κ1) is 14.7. The van der Waals surface area contributed by atoms with E-state index in [4.69, 9.17) is 0 Å². The largest absolute Gasteiger partial charge is 0.288 e. The minimum Gasteiger partial charge on any atom is -0.288 e. The third-order valence-electron chi connectivity index (χ3n) is 3.94. The summed E-state index contributed by atoms with van der Waals surface area (Å²) in [6.07, 6.45) is 0. The second kappa shape index (κ2) is 5.35. The highest BCUT2D eigenvalue weighted by molar-refractivity contribution is 9.10. The van der Waals surface area contributed by atoms with Gasteiger partial charge in [0.05, 0.1) is 5.56 Å². The molecular formula is C18H9BrN2O3. The van der Waals surface area contributed by atoms with Gasteiger partial charge in [-0.05, 0) is 12.1 Å². The van der Waals surface area contributed by atoms with Gasteiger partial charge in [-0.3, -0.25) is 19.5 Å². The van der Waals surface area contributed by atoms with Crippen molar-refractivity contribution in [2.24, 2.45) is 0 Å². The third kappa shape index (κ3) is 2.07. The first-order valence-corrected chi connectivity index (χ1v) is 7.94. The van der Waals surface area contributed by atoms with Gasteiger partial charge in [0, 0.05) is 21.2 Å². The summed E-state index contributed by atoms with van der Waals surface area (Å²) in [5.41, 5.74) is 1.08. The molecule has 0 fully saturated rings. The Balaban J connectivity index is 1.88. The van der Waals surface area contributed by atoms with Gasteiger partial charge in [-0.15, -0.1) is 0 Å². The molecule has 0 radical (unpaired) electrons. The van der Waals surface area contributed by atoms with E-state index in [1.165, 1.54) is 0 Å². The summed E-state index contributed by atoms with van der Waals surface area (Å²) in [5.74, 6) is -1.11. The molecule has 6 heteroatoms. The summed E-state index contributed by atoms with van der Waals surface area (Å²) in [5, 5.41) is 6.50. The van der Waals surface area contributed by atoms with Crippen molar-refractivity contribution < 1.29 is 14.4 Å². The van der Waals surface area contributed by atoms with Crippen LogP contribution in [0.4, 0.5) is 0 Å². The molecule has 1 aliphatic carbocycles. The summed E-state index contributed by atoms with van der Waals surface area (Å²) >= 11 is 3.31. The Morgan fingerprint density at radius 3 is 2.38 bits per heavy atom. The van der Waals surface area contributed by atoms with Crippen LogP contribution in [0.3, 0.4) is 0 Å². The van der Waals surface area contributed by atoms with E-state index in [1.54, 1.807) is 48.5 Å². The lowest BCUT2D eigenvalue weighted by Crippen LogP contribution is -2.22. The maximum atomic E-state index is 12.8. The van der Waals surface area contributed by atoms with Crippen molar-refractivity contribution in [1.82, 2.24) is 10.2 Å². The number of benzene rings is 2. The van der Waals surface area contributed by atoms with Crippen molar-refractivity contribution in [3.63, 3.8) is 0 Å². The smallest absolute Gasteiger partial charge is 0.214 e. The number of carbonyl (C=O) groups excluding carboxylic acids is 3. The van der Waals surface area contributed by atoms with Crippen molar-refractivity contribution in [3.05, 3.63) is 86.6 Å². The molecule has 0 saturated carbocycles. The van der Waals surface area contributed by atoms with Crippen molar-refractivity contribution in [1.29, 1.82) is 0 Å². The number of aromatic amines is 1. The van der Waals surface area contributed by atoms with Gasteiger partial charge in [-0.1, -0.05) is 52.3 Å². The molecule has 0 bridgehead atoms. The zero-order valence-corrected chi connectivity index (χ0v) is 13.8. The fourth-order valence-electron chi connectivity index (χ4n) is 2.81. The van der Waals surface area contributed by atoms with E-state index < -0.39 is 0 Å². The van der Waals surface area contributed by atoms with Gasteiger partial charge in [-0.25, -0.2) is 0 Å². The van der Waals surface area contributed by atoms with Gasteiger partial charge < -0.3 is 0 Å². The highest BCUT2D eigenvalue weighted by atomic mass is 79.9. The van der Waals surface area contributed by atoms with Crippen LogP contribution in [-0.4, -0.2) is 27.5 Å². The van der Waals surface area contributed by atoms with Gasteiger partial charge in [0.2, 0.25) is 11.6 Å². The number of halogens is 1. The number of hydrogen-bond donors (Lipinski definition) is 1. The lowest BCUT2D eigenvalue weighted by atomic mass is 9.86. The Morgan fingerprint density at radius 2 is 1.67 bits per heavy atom. The predicted octanol–water partition coefficient (Wildman–Crippen LogP) is 3.18. The van der Waals surface area contributed by atoms with Crippen molar-refractivity contribution >= 4 is 33.3 Å². The maximum Gasteiger partial charge on any atom is 0.214 e. The standard InChI is InChI=1S/C18H9BrN2O3/c19-10-5-3-4-9(8-10)16(22)14-13-15(21-20-14)18(24)12-7-2-1-6-11(12)17(13)23/h1-8H,(H,20,21). The molecule has 1 aliphatic rings. The van der Waals surface area contributed by atoms with Crippen LogP contribution in [0.2, 0.25) is 0 Å². The number of aromatic nitrogens is 2. The van der Waals surface area contributed by atoms with Crippen molar-refractivity contribution in [3.8, 4) is 0 Å². The summed E-state index contributed by atoms with van der Waals surface area (Å²) < 4.78 is 0.745. The fourth-order valence-corrected chi connectivity index (χ4v) is 3.21. The minimum atomic E-state index is -0.384. The number of carbonyl (C=O) groups is 3. The van der Waals surface area contributed by atoms with Gasteiger partial charge >= 0.3 is 0 Å². The van der Waals surface area contributed by atoms with Crippen LogP contribution in [0.1, 0.15) is 48.0 Å². The Bertz CT molecular complexity index is 1040. The molecule has 0 aliphatic heterocycles. The van der Waals surface area contributed by atoms with Crippen LogP contribution in [0.5, 0.6) is 0 Å². The molecular weight excluding hydrogens is 372 g/mol. The Hall–Kier alpha value is -2.86. The number of ketones is 3. The molecule has 1 aromatic heterocycles. The molecule has 1 heterocycles. The number of rotatable bonds is 2. The summed E-state index contributed by atoms with van der Waals surface area (Å²) in [6.45, 7) is 0. The molecule has 2 aromatic carbocycles. The second-order valence-electron chi connectivity index (χ2n) is 5.37. The number of H-pyrrole nitrogens is 1. The van der Waals surface area contributed by atoms with Gasteiger partial charge in [-0.2, -0.15) is 5.10 Å². The van der Waals surface area contributed by atoms with Gasteiger partial charge in [0.15, 0.2) is 5.78 Å². The fraction of sp³-hybridized carbons (Fsp3) is 0. The molecule has 0 unspecified atom stereocenters. The maximum absolute atomic E-state index is 12.8. The van der Waals surface area contributed by atoms with Crippen molar-refractivity contribution in [2.75, 3.05) is 0 Å². The molecule has 0 saturated heterocycles. The highest BCUT2D eigenvalue weighted by Crippen LogP contribution is 2.29. The SMILES string of the molecule is O=C1c2ccccc2C(=O)c2c1n[nH]c2C(=O)c1cccc(Br)c1. The quantitative estimate of drug-likeness (QED) is 0.541. The lowest BCUT2D eigenvalue weighted by molar-refractivity contribution is 0.0971. The normalized spacial score (nSPS) is 12.7. The summed E-state index contributed by atoms with van der Waals surface area (Å²) in [6, 6.07) is 13.4. The molecule has 116 valence electrons. The van der Waals surface area contributed by atoms with E-state index in [0.29, 0.717) is 16.7 Å². The van der Waals surface area contributed by atoms with E-state index in [9.17, 15) is 14.4 Å². The van der Waals surface area contributed by atoms with E-state index >= 15 is 0 Å². The van der Waals surface area contributed by atoms with Crippen LogP contribution in [0.25, 0.3) is 0 Å². The Kier molecular flexibility index (Phi) is 3.28. The zero-order chi connectivity index (χ0) is 16.8. The number of nitrogens with one attached hydrogen (secondary N) is 1. The monoisotopic (exact) mass is 380 g/mol. The number of nitrogens with zero attached hydrogens (tertiary/aromatic N) is 1. The van der Waals surface area contributed by atoms with Gasteiger partial charge in [0.25, 0.3) is 0 Å². The van der Waals surface area contributed by atoms with Gasteiger partial charge in [0.1, 0.15) is 11.4 Å². The second-order valence-corrected chi connectivity index (χ2v) is 6.28. The molecule has 1 N–H and O–H groups in total. The topological polar surface area (TPSA) is 79.9 Å². The third-order valence-corrected chi connectivity index (χ3v) is 4.43. The molecule has 24 heavy (non-hydrogen) atoms. The first-order chi connectivity index (χ1) is 11.6. The highest BCUT2D eigenvalue weighted by Gasteiger charge is 2.36. The average Bonchev–Trinajstić information content (AvgIpc) is 3.04. The first-order valence-electron chi connectivity index (χ1n) is 7.15. The lowest BCUT2D eigenvalue weighted by Gasteiger charge is -2.13. The Labute approximate surface area is 144 Å². The molecule has 0 spiro atoms. The molecule has 0 atom stereocenters. The Morgan fingerprint density at radius 1 is 0.958 bits per heavy atom. The minimum absolute atomic E-state index is 0.00273. The number of fused-ring (bicyclic) bond motifs is 2. The molecule has 5 nitrogen and oxygen atoms in total. The van der Waals surface area contributed by atoms with E-state index in [-0.39, 0.29) is 34.3 Å². The number of hydrogen-bond acceptors (Lipinski definition) is 4. The van der Waals surface area contributed by atoms with Crippen LogP contribution >= 0.6 is 15.9 Å². The average molecular weight is 381 g/mol. The van der Waals surface area contributed by atoms with E-state index in [0.717, 1.165) is 4.47 Å². The van der Waals surface area contributed by atoms with E-state index in [2.05, 4.69) is 26.1 Å². The molecule has 4 rings (SSSR count). The van der Waals surface area contributed by atoms with E-state index in [1.807, 2.05) is 0 Å². The predicted molar refractivity (Wildman–Crippen MR) is 89.5 cm³/mol. The summed E-state index contributed by atoms with van der Waals surface area (Å²) in [7, 11) is 0. The van der Waals surface area contributed by atoms with Crippen LogP contribution in [-0.2, 0) is 0 Å². The van der Waals surface area contributed by atoms with Crippen LogP contribution in [0.15, 0.2) is 53.0 Å². The summed E-state index contributed by atoms with van der Waals surface area (Å²) in [4.78, 5) is 38.0. The zero-order valence-electron chi connectivity index (χ0n) is 12.2.